The zero-order valence-electron chi connectivity index (χ0n) is 17.5. The molecule has 0 saturated carbocycles. The van der Waals surface area contributed by atoms with Gasteiger partial charge in [0.05, 0.1) is 16.2 Å². The summed E-state index contributed by atoms with van der Waals surface area (Å²) in [6.07, 6.45) is 3.74. The highest BCUT2D eigenvalue weighted by Crippen LogP contribution is 2.27. The second kappa shape index (κ2) is 8.60. The highest BCUT2D eigenvalue weighted by atomic mass is 32.2. The smallest absolute Gasteiger partial charge is 0.267 e. The minimum absolute atomic E-state index is 0.0959. The second-order valence-electron chi connectivity index (χ2n) is 7.96. The largest absolute Gasteiger partial charge is 0.342 e. The molecule has 7 heteroatoms. The molecule has 1 unspecified atom stereocenters. The summed E-state index contributed by atoms with van der Waals surface area (Å²) in [6, 6.07) is 11.1. The molecule has 0 spiro atoms. The number of aryl methyl sites for hydroxylation is 1. The van der Waals surface area contributed by atoms with Crippen molar-refractivity contribution in [1.29, 1.82) is 0 Å². The Hall–Kier alpha value is -2.67. The average Bonchev–Trinajstić information content (AvgIpc) is 2.75. The van der Waals surface area contributed by atoms with E-state index in [1.165, 1.54) is 11.8 Å². The molecule has 3 heterocycles. The van der Waals surface area contributed by atoms with Gasteiger partial charge < -0.3 is 4.90 Å². The van der Waals surface area contributed by atoms with E-state index >= 15 is 0 Å². The predicted octanol–water partition coefficient (Wildman–Crippen LogP) is 3.83. The SMILES string of the molecule is Cc1cccnc1-n1c(SC(C)C(=O)N2CCC(C)CC2)nc2ccccc2c1=O. The van der Waals surface area contributed by atoms with Crippen molar-refractivity contribution in [3.8, 4) is 5.82 Å². The predicted molar refractivity (Wildman–Crippen MR) is 120 cm³/mol. The molecule has 1 fully saturated rings. The molecule has 1 saturated heterocycles. The van der Waals surface area contributed by atoms with Crippen molar-refractivity contribution in [2.45, 2.75) is 44.0 Å². The van der Waals surface area contributed by atoms with Gasteiger partial charge >= 0.3 is 0 Å². The Bertz CT molecular complexity index is 1140. The fourth-order valence-electron chi connectivity index (χ4n) is 3.78. The Kier molecular flexibility index (Phi) is 5.90. The van der Waals surface area contributed by atoms with Gasteiger partial charge in [-0.15, -0.1) is 0 Å². The van der Waals surface area contributed by atoms with Gasteiger partial charge in [-0.2, -0.15) is 0 Å². The van der Waals surface area contributed by atoms with E-state index < -0.39 is 0 Å². The molecule has 3 aromatic rings. The van der Waals surface area contributed by atoms with Crippen molar-refractivity contribution in [3.63, 3.8) is 0 Å². The van der Waals surface area contributed by atoms with Crippen LogP contribution in [0.25, 0.3) is 16.7 Å². The molecular weight excluding hydrogens is 396 g/mol. The van der Waals surface area contributed by atoms with Gasteiger partial charge in [0.2, 0.25) is 5.91 Å². The summed E-state index contributed by atoms with van der Waals surface area (Å²) in [5.74, 6) is 1.31. The molecule has 1 aromatic carbocycles. The number of carbonyl (C=O) groups is 1. The number of piperidine rings is 1. The highest BCUT2D eigenvalue weighted by molar-refractivity contribution is 8.00. The molecule has 1 atom stereocenters. The van der Waals surface area contributed by atoms with Crippen LogP contribution in [0.4, 0.5) is 0 Å². The normalized spacial score (nSPS) is 16.0. The van der Waals surface area contributed by atoms with Crippen LogP contribution in [-0.4, -0.2) is 43.7 Å². The van der Waals surface area contributed by atoms with Gasteiger partial charge in [-0.3, -0.25) is 9.59 Å². The third kappa shape index (κ3) is 3.99. The van der Waals surface area contributed by atoms with E-state index in [1.54, 1.807) is 16.8 Å². The average molecular weight is 423 g/mol. The molecular formula is C23H26N4O2S. The molecule has 4 rings (SSSR count). The number of para-hydroxylation sites is 1. The number of amides is 1. The molecule has 2 aromatic heterocycles. The van der Waals surface area contributed by atoms with Crippen LogP contribution in [-0.2, 0) is 4.79 Å². The number of benzene rings is 1. The summed E-state index contributed by atoms with van der Waals surface area (Å²) in [5.41, 5.74) is 1.33. The third-order valence-corrected chi connectivity index (χ3v) is 6.70. The summed E-state index contributed by atoms with van der Waals surface area (Å²) >= 11 is 1.33. The number of aromatic nitrogens is 3. The van der Waals surface area contributed by atoms with Crippen LogP contribution in [0.1, 0.15) is 32.3 Å². The van der Waals surface area contributed by atoms with Crippen molar-refractivity contribution in [1.82, 2.24) is 19.4 Å². The van der Waals surface area contributed by atoms with E-state index in [4.69, 9.17) is 4.98 Å². The number of thioether (sulfide) groups is 1. The molecule has 0 N–H and O–H groups in total. The Morgan fingerprint density at radius 1 is 1.17 bits per heavy atom. The summed E-state index contributed by atoms with van der Waals surface area (Å²) in [4.78, 5) is 37.5. The summed E-state index contributed by atoms with van der Waals surface area (Å²) in [5, 5.41) is 0.685. The summed E-state index contributed by atoms with van der Waals surface area (Å²) in [6.45, 7) is 7.63. The van der Waals surface area contributed by atoms with Gasteiger partial charge in [0.15, 0.2) is 5.16 Å². The van der Waals surface area contributed by atoms with Crippen LogP contribution in [0.2, 0.25) is 0 Å². The molecule has 1 amide bonds. The molecule has 156 valence electrons. The second-order valence-corrected chi connectivity index (χ2v) is 9.27. The first-order chi connectivity index (χ1) is 14.5. The van der Waals surface area contributed by atoms with Crippen LogP contribution >= 0.6 is 11.8 Å². The summed E-state index contributed by atoms with van der Waals surface area (Å²) in [7, 11) is 0. The number of pyridine rings is 1. The maximum absolute atomic E-state index is 13.4. The number of hydrogen-bond donors (Lipinski definition) is 0. The number of rotatable bonds is 4. The lowest BCUT2D eigenvalue weighted by atomic mass is 9.99. The van der Waals surface area contributed by atoms with Crippen molar-refractivity contribution < 1.29 is 4.79 Å². The molecule has 0 aliphatic carbocycles. The van der Waals surface area contributed by atoms with E-state index in [9.17, 15) is 9.59 Å². The van der Waals surface area contributed by atoms with Crippen LogP contribution in [0, 0.1) is 12.8 Å². The van der Waals surface area contributed by atoms with Gasteiger partial charge in [0, 0.05) is 19.3 Å². The quantitative estimate of drug-likeness (QED) is 0.472. The molecule has 1 aliphatic heterocycles. The zero-order chi connectivity index (χ0) is 21.3. The third-order valence-electron chi connectivity index (χ3n) is 5.66. The molecule has 6 nitrogen and oxygen atoms in total. The number of nitrogens with zero attached hydrogens (tertiary/aromatic N) is 4. The van der Waals surface area contributed by atoms with Crippen LogP contribution < -0.4 is 5.56 Å². The van der Waals surface area contributed by atoms with Crippen LogP contribution in [0.15, 0.2) is 52.5 Å². The van der Waals surface area contributed by atoms with Gasteiger partial charge in [0.25, 0.3) is 5.56 Å². The van der Waals surface area contributed by atoms with Crippen LogP contribution in [0.3, 0.4) is 0 Å². The number of carbonyl (C=O) groups excluding carboxylic acids is 1. The number of hydrogen-bond acceptors (Lipinski definition) is 5. The van der Waals surface area contributed by atoms with Crippen molar-refractivity contribution in [2.24, 2.45) is 5.92 Å². The molecule has 0 bridgehead atoms. The van der Waals surface area contributed by atoms with Crippen molar-refractivity contribution in [2.75, 3.05) is 13.1 Å². The highest BCUT2D eigenvalue weighted by Gasteiger charge is 2.27. The lowest BCUT2D eigenvalue weighted by Crippen LogP contribution is -2.42. The van der Waals surface area contributed by atoms with Gasteiger partial charge in [-0.1, -0.05) is 36.9 Å². The van der Waals surface area contributed by atoms with Gasteiger partial charge in [-0.25, -0.2) is 14.5 Å². The molecule has 30 heavy (non-hydrogen) atoms. The lowest BCUT2D eigenvalue weighted by Gasteiger charge is -2.32. The monoisotopic (exact) mass is 422 g/mol. The van der Waals surface area contributed by atoms with Crippen LogP contribution in [0.5, 0.6) is 0 Å². The summed E-state index contributed by atoms with van der Waals surface area (Å²) < 4.78 is 1.55. The molecule has 1 aliphatic rings. The Morgan fingerprint density at radius 2 is 1.90 bits per heavy atom. The fourth-order valence-corrected chi connectivity index (χ4v) is 4.78. The van der Waals surface area contributed by atoms with E-state index in [1.807, 2.05) is 49.1 Å². The number of fused-ring (bicyclic) bond motifs is 1. The minimum atomic E-state index is -0.346. The molecule has 0 radical (unpaired) electrons. The van der Waals surface area contributed by atoms with Crippen molar-refractivity contribution in [3.05, 3.63) is 58.5 Å². The standard InChI is InChI=1S/C23H26N4O2S/c1-15-10-13-26(14-11-15)21(28)17(3)30-23-25-19-9-5-4-8-18(19)22(29)27(23)20-16(2)7-6-12-24-20/h4-9,12,15,17H,10-11,13-14H2,1-3H3. The maximum atomic E-state index is 13.4. The Labute approximate surface area is 180 Å². The Balaban J connectivity index is 1.74. The first-order valence-electron chi connectivity index (χ1n) is 10.3. The van der Waals surface area contributed by atoms with Crippen molar-refractivity contribution >= 4 is 28.6 Å². The first kappa shape index (κ1) is 20.6. The van der Waals surface area contributed by atoms with E-state index in [-0.39, 0.29) is 16.7 Å². The zero-order valence-corrected chi connectivity index (χ0v) is 18.4. The number of likely N-dealkylation sites (tertiary alicyclic amines) is 1. The first-order valence-corrected chi connectivity index (χ1v) is 11.2. The van der Waals surface area contributed by atoms with E-state index in [0.717, 1.165) is 31.5 Å². The van der Waals surface area contributed by atoms with Gasteiger partial charge in [0.1, 0.15) is 5.82 Å². The minimum Gasteiger partial charge on any atom is -0.342 e. The maximum Gasteiger partial charge on any atom is 0.267 e. The fraction of sp³-hybridized carbons (Fsp3) is 0.391. The topological polar surface area (TPSA) is 68.1 Å². The van der Waals surface area contributed by atoms with E-state index in [2.05, 4.69) is 11.9 Å². The van der Waals surface area contributed by atoms with Gasteiger partial charge in [-0.05, 0) is 56.4 Å². The van der Waals surface area contributed by atoms with E-state index in [0.29, 0.717) is 27.8 Å². The lowest BCUT2D eigenvalue weighted by molar-refractivity contribution is -0.131. The Morgan fingerprint density at radius 3 is 2.63 bits per heavy atom.